The van der Waals surface area contributed by atoms with E-state index in [1.54, 1.807) is 0 Å². The lowest BCUT2D eigenvalue weighted by Crippen LogP contribution is -2.49. The third-order valence-corrected chi connectivity index (χ3v) is 3.99. The zero-order valence-electron chi connectivity index (χ0n) is 13.8. The lowest BCUT2D eigenvalue weighted by atomic mass is 9.99. The Hall–Kier alpha value is -2.82. The van der Waals surface area contributed by atoms with E-state index in [2.05, 4.69) is 5.32 Å². The number of hydrogen-bond acceptors (Lipinski definition) is 2. The Kier molecular flexibility index (Phi) is 5.95. The minimum atomic E-state index is -1.03. The summed E-state index contributed by atoms with van der Waals surface area (Å²) in [5.74, 6) is -1.20. The first-order chi connectivity index (χ1) is 11.5. The summed E-state index contributed by atoms with van der Waals surface area (Å²) >= 11 is 0. The second kappa shape index (κ2) is 8.15. The minimum Gasteiger partial charge on any atom is -0.480 e. The van der Waals surface area contributed by atoms with Gasteiger partial charge in [-0.2, -0.15) is 0 Å². The molecule has 0 spiro atoms. The van der Waals surface area contributed by atoms with E-state index in [1.165, 1.54) is 4.90 Å². The number of carboxylic acid groups (broad SMARTS) is 1. The molecule has 2 amide bonds. The average Bonchev–Trinajstić information content (AvgIpc) is 2.61. The van der Waals surface area contributed by atoms with Crippen LogP contribution in [0.3, 0.4) is 0 Å². The van der Waals surface area contributed by atoms with Crippen LogP contribution in [0.5, 0.6) is 0 Å². The average molecular weight is 326 g/mol. The number of aliphatic carboxylic acids is 1. The van der Waals surface area contributed by atoms with E-state index in [9.17, 15) is 14.7 Å². The Bertz CT molecular complexity index is 634. The molecule has 0 aliphatic heterocycles. The van der Waals surface area contributed by atoms with Crippen LogP contribution in [0, 0.1) is 5.92 Å². The highest BCUT2D eigenvalue weighted by Crippen LogP contribution is 2.25. The fraction of sp³-hybridized carbons (Fsp3) is 0.263. The quantitative estimate of drug-likeness (QED) is 0.842. The summed E-state index contributed by atoms with van der Waals surface area (Å²) in [5.41, 5.74) is 1.35. The van der Waals surface area contributed by atoms with Crippen molar-refractivity contribution in [1.82, 2.24) is 5.32 Å². The van der Waals surface area contributed by atoms with Gasteiger partial charge in [0.25, 0.3) is 0 Å². The molecule has 0 aliphatic rings. The molecule has 2 N–H and O–H groups in total. The molecule has 5 heteroatoms. The SMILES string of the molecule is CC[C@H](C)[C@H](NC(=O)N(c1ccccc1)c1ccccc1)C(=O)O. The predicted molar refractivity (Wildman–Crippen MR) is 94.4 cm³/mol. The van der Waals surface area contributed by atoms with Gasteiger partial charge in [0.1, 0.15) is 6.04 Å². The fourth-order valence-electron chi connectivity index (χ4n) is 2.42. The topological polar surface area (TPSA) is 69.6 Å². The summed E-state index contributed by atoms with van der Waals surface area (Å²) < 4.78 is 0. The summed E-state index contributed by atoms with van der Waals surface area (Å²) in [6.07, 6.45) is 0.661. The Morgan fingerprint density at radius 1 is 1.00 bits per heavy atom. The first-order valence-electron chi connectivity index (χ1n) is 7.98. The lowest BCUT2D eigenvalue weighted by Gasteiger charge is -2.27. The Balaban J connectivity index is 2.34. The van der Waals surface area contributed by atoms with Crippen molar-refractivity contribution in [2.24, 2.45) is 5.92 Å². The van der Waals surface area contributed by atoms with Gasteiger partial charge in [-0.1, -0.05) is 56.7 Å². The number of nitrogens with zero attached hydrogens (tertiary/aromatic N) is 1. The Morgan fingerprint density at radius 2 is 1.46 bits per heavy atom. The molecule has 24 heavy (non-hydrogen) atoms. The van der Waals surface area contributed by atoms with Crippen molar-refractivity contribution in [3.63, 3.8) is 0 Å². The van der Waals surface area contributed by atoms with Crippen LogP contribution >= 0.6 is 0 Å². The molecule has 0 radical (unpaired) electrons. The van der Waals surface area contributed by atoms with Crippen molar-refractivity contribution in [2.45, 2.75) is 26.3 Å². The highest BCUT2D eigenvalue weighted by Gasteiger charge is 2.28. The highest BCUT2D eigenvalue weighted by atomic mass is 16.4. The molecule has 0 aromatic heterocycles. The van der Waals surface area contributed by atoms with Crippen LogP contribution in [-0.2, 0) is 4.79 Å². The first kappa shape index (κ1) is 17.5. The summed E-state index contributed by atoms with van der Waals surface area (Å²) in [6, 6.07) is 16.9. The maximum atomic E-state index is 12.8. The number of rotatable bonds is 6. The van der Waals surface area contributed by atoms with E-state index in [-0.39, 0.29) is 5.92 Å². The number of nitrogens with one attached hydrogen (secondary N) is 1. The molecule has 0 aliphatic carbocycles. The van der Waals surface area contributed by atoms with Crippen LogP contribution in [-0.4, -0.2) is 23.1 Å². The number of carbonyl (C=O) groups excluding carboxylic acids is 1. The van der Waals surface area contributed by atoms with Gasteiger partial charge in [-0.3, -0.25) is 4.90 Å². The molecule has 2 aromatic carbocycles. The maximum Gasteiger partial charge on any atom is 0.327 e. The smallest absolute Gasteiger partial charge is 0.327 e. The summed E-state index contributed by atoms with van der Waals surface area (Å²) in [6.45, 7) is 3.72. The normalized spacial score (nSPS) is 12.9. The van der Waals surface area contributed by atoms with Crippen LogP contribution < -0.4 is 10.2 Å². The van der Waals surface area contributed by atoms with Gasteiger partial charge in [-0.25, -0.2) is 9.59 Å². The monoisotopic (exact) mass is 326 g/mol. The molecule has 0 saturated carbocycles. The van der Waals surface area contributed by atoms with Gasteiger partial charge in [0.2, 0.25) is 0 Å². The van der Waals surface area contributed by atoms with Gasteiger partial charge in [0.05, 0.1) is 11.4 Å². The second-order valence-corrected chi connectivity index (χ2v) is 5.66. The van der Waals surface area contributed by atoms with Crippen molar-refractivity contribution >= 4 is 23.4 Å². The number of para-hydroxylation sites is 2. The molecular formula is C19H22N2O3. The van der Waals surface area contributed by atoms with Gasteiger partial charge in [-0.15, -0.1) is 0 Å². The van der Waals surface area contributed by atoms with E-state index in [1.807, 2.05) is 74.5 Å². The highest BCUT2D eigenvalue weighted by molar-refractivity contribution is 6.00. The molecule has 0 saturated heterocycles. The molecule has 0 unspecified atom stereocenters. The second-order valence-electron chi connectivity index (χ2n) is 5.66. The molecular weight excluding hydrogens is 304 g/mol. The van der Waals surface area contributed by atoms with E-state index < -0.39 is 18.0 Å². The lowest BCUT2D eigenvalue weighted by molar-refractivity contribution is -0.140. The number of amides is 2. The molecule has 2 rings (SSSR count). The third-order valence-electron chi connectivity index (χ3n) is 3.99. The summed E-state index contributed by atoms with van der Waals surface area (Å²) in [5, 5.41) is 12.1. The third kappa shape index (κ3) is 4.13. The van der Waals surface area contributed by atoms with Crippen LogP contribution in [0.25, 0.3) is 0 Å². The Labute approximate surface area is 141 Å². The van der Waals surface area contributed by atoms with Crippen molar-refractivity contribution in [2.75, 3.05) is 4.90 Å². The standard InChI is InChI=1S/C19H22N2O3/c1-3-14(2)17(18(22)23)20-19(24)21(15-10-6-4-7-11-15)16-12-8-5-9-13-16/h4-14,17H,3H2,1-2H3,(H,20,24)(H,22,23)/t14-,17-/m0/s1. The number of benzene rings is 2. The van der Waals surface area contributed by atoms with Gasteiger partial charge >= 0.3 is 12.0 Å². The first-order valence-corrected chi connectivity index (χ1v) is 7.98. The predicted octanol–water partition coefficient (Wildman–Crippen LogP) is 4.03. The zero-order chi connectivity index (χ0) is 17.5. The van der Waals surface area contributed by atoms with Crippen molar-refractivity contribution < 1.29 is 14.7 Å². The number of carboxylic acids is 1. The van der Waals surface area contributed by atoms with E-state index >= 15 is 0 Å². The summed E-state index contributed by atoms with van der Waals surface area (Å²) in [7, 11) is 0. The van der Waals surface area contributed by atoms with Crippen LogP contribution in [0.15, 0.2) is 60.7 Å². The van der Waals surface area contributed by atoms with Crippen LogP contribution in [0.2, 0.25) is 0 Å². The number of hydrogen-bond donors (Lipinski definition) is 2. The zero-order valence-corrected chi connectivity index (χ0v) is 13.8. The Morgan fingerprint density at radius 3 is 1.83 bits per heavy atom. The number of carbonyl (C=O) groups is 2. The van der Waals surface area contributed by atoms with E-state index in [0.29, 0.717) is 17.8 Å². The van der Waals surface area contributed by atoms with Crippen molar-refractivity contribution in [3.8, 4) is 0 Å². The van der Waals surface area contributed by atoms with Gasteiger partial charge in [-0.05, 0) is 30.2 Å². The van der Waals surface area contributed by atoms with E-state index in [0.717, 1.165) is 0 Å². The molecule has 2 atom stereocenters. The maximum absolute atomic E-state index is 12.8. The van der Waals surface area contributed by atoms with Crippen LogP contribution in [0.1, 0.15) is 20.3 Å². The number of urea groups is 1. The molecule has 0 bridgehead atoms. The molecule has 0 fully saturated rings. The minimum absolute atomic E-state index is 0.167. The molecule has 126 valence electrons. The van der Waals surface area contributed by atoms with Gasteiger partial charge in [0.15, 0.2) is 0 Å². The van der Waals surface area contributed by atoms with Gasteiger partial charge < -0.3 is 10.4 Å². The fourth-order valence-corrected chi connectivity index (χ4v) is 2.42. The van der Waals surface area contributed by atoms with Gasteiger partial charge in [0, 0.05) is 0 Å². The molecule has 5 nitrogen and oxygen atoms in total. The summed E-state index contributed by atoms with van der Waals surface area (Å²) in [4.78, 5) is 25.8. The largest absolute Gasteiger partial charge is 0.480 e. The van der Waals surface area contributed by atoms with Crippen molar-refractivity contribution in [1.29, 1.82) is 0 Å². The number of anilines is 2. The van der Waals surface area contributed by atoms with Crippen LogP contribution in [0.4, 0.5) is 16.2 Å². The van der Waals surface area contributed by atoms with E-state index in [4.69, 9.17) is 0 Å². The van der Waals surface area contributed by atoms with Crippen molar-refractivity contribution in [3.05, 3.63) is 60.7 Å². The molecule has 2 aromatic rings. The molecule has 0 heterocycles.